The minimum absolute atomic E-state index is 0.716. The van der Waals surface area contributed by atoms with Crippen LogP contribution in [0, 0.1) is 0 Å². The minimum atomic E-state index is 0.716. The fourth-order valence-electron chi connectivity index (χ4n) is 2.59. The van der Waals surface area contributed by atoms with Gasteiger partial charge >= 0.3 is 0 Å². The summed E-state index contributed by atoms with van der Waals surface area (Å²) in [6, 6.07) is 10.7. The molecular weight excluding hydrogens is 234 g/mol. The molecule has 1 aliphatic rings. The van der Waals surface area contributed by atoms with Crippen molar-refractivity contribution in [3.8, 4) is 11.3 Å². The molecule has 0 radical (unpaired) electrons. The molecule has 0 bridgehead atoms. The van der Waals surface area contributed by atoms with Gasteiger partial charge in [-0.3, -0.25) is 0 Å². The highest BCUT2D eigenvalue weighted by molar-refractivity contribution is 5.66. The molecule has 1 N–H and O–H groups in total. The second kappa shape index (κ2) is 5.39. The van der Waals surface area contributed by atoms with Crippen molar-refractivity contribution < 1.29 is 0 Å². The molecule has 0 spiro atoms. The van der Waals surface area contributed by atoms with Crippen LogP contribution < -0.4 is 5.32 Å². The number of nitrogens with one attached hydrogen (secondary N) is 1. The second-order valence-corrected chi connectivity index (χ2v) is 5.03. The Hall–Kier alpha value is -1.90. The summed E-state index contributed by atoms with van der Waals surface area (Å²) in [6.07, 6.45) is 5.61. The number of rotatable bonds is 4. The maximum atomic E-state index is 4.44. The fourth-order valence-corrected chi connectivity index (χ4v) is 2.59. The van der Waals surface area contributed by atoms with Crippen molar-refractivity contribution in [1.82, 2.24) is 9.97 Å². The highest BCUT2D eigenvalue weighted by atomic mass is 15.0. The highest BCUT2D eigenvalue weighted by Gasteiger charge is 2.22. The number of hydrogen-bond donors (Lipinski definition) is 1. The lowest BCUT2D eigenvalue weighted by Crippen LogP contribution is -2.10. The van der Waals surface area contributed by atoms with Gasteiger partial charge in [-0.25, -0.2) is 9.97 Å². The van der Waals surface area contributed by atoms with Crippen LogP contribution in [0.25, 0.3) is 11.3 Å². The molecule has 19 heavy (non-hydrogen) atoms. The molecular formula is C16H19N3. The van der Waals surface area contributed by atoms with Gasteiger partial charge in [-0.1, -0.05) is 30.7 Å². The molecule has 0 saturated heterocycles. The van der Waals surface area contributed by atoms with Crippen LogP contribution in [-0.4, -0.2) is 16.5 Å². The number of aromatic nitrogens is 2. The van der Waals surface area contributed by atoms with Crippen LogP contribution in [0.5, 0.6) is 0 Å². The molecule has 3 rings (SSSR count). The molecule has 0 amide bonds. The topological polar surface area (TPSA) is 37.8 Å². The van der Waals surface area contributed by atoms with Crippen LogP contribution in [0.3, 0.4) is 0 Å². The minimum Gasteiger partial charge on any atom is -0.370 e. The monoisotopic (exact) mass is 253 g/mol. The highest BCUT2D eigenvalue weighted by Crippen LogP contribution is 2.40. The average Bonchev–Trinajstić information content (AvgIpc) is 2.38. The molecule has 2 aromatic rings. The van der Waals surface area contributed by atoms with Gasteiger partial charge in [-0.05, 0) is 31.2 Å². The summed E-state index contributed by atoms with van der Waals surface area (Å²) in [4.78, 5) is 8.68. The van der Waals surface area contributed by atoms with Crippen LogP contribution in [0.2, 0.25) is 0 Å². The maximum absolute atomic E-state index is 4.44. The Labute approximate surface area is 114 Å². The van der Waals surface area contributed by atoms with E-state index in [0.29, 0.717) is 5.92 Å². The lowest BCUT2D eigenvalue weighted by molar-refractivity contribution is 0.420. The first-order valence-corrected chi connectivity index (χ1v) is 7.03. The summed E-state index contributed by atoms with van der Waals surface area (Å²) in [6.45, 7) is 2.95. The number of nitrogens with zero attached hydrogens (tertiary/aromatic N) is 2. The van der Waals surface area contributed by atoms with E-state index in [0.717, 1.165) is 18.1 Å². The number of benzene rings is 1. The zero-order chi connectivity index (χ0) is 13.1. The SMILES string of the molecule is CCNc1cc(-c2ccccc2C2CCC2)ncn1. The van der Waals surface area contributed by atoms with Gasteiger partial charge in [0.05, 0.1) is 5.69 Å². The molecule has 0 aliphatic heterocycles. The quantitative estimate of drug-likeness (QED) is 0.899. The average molecular weight is 253 g/mol. The molecule has 3 heteroatoms. The standard InChI is InChI=1S/C16H19N3/c1-2-17-16-10-15(18-11-19-16)14-9-4-3-8-13(14)12-6-5-7-12/h3-4,8-12H,2,5-7H2,1H3,(H,17,18,19). The summed E-state index contributed by atoms with van der Waals surface area (Å²) < 4.78 is 0. The third kappa shape index (κ3) is 2.46. The zero-order valence-corrected chi connectivity index (χ0v) is 11.3. The van der Waals surface area contributed by atoms with E-state index in [-0.39, 0.29) is 0 Å². The van der Waals surface area contributed by atoms with E-state index in [1.54, 1.807) is 6.33 Å². The number of anilines is 1. The Bertz CT molecular complexity index is 561. The van der Waals surface area contributed by atoms with Crippen molar-refractivity contribution in [1.29, 1.82) is 0 Å². The van der Waals surface area contributed by atoms with E-state index in [2.05, 4.69) is 46.5 Å². The van der Waals surface area contributed by atoms with Crippen LogP contribution in [0.15, 0.2) is 36.7 Å². The van der Waals surface area contributed by atoms with Gasteiger partial charge in [-0.2, -0.15) is 0 Å². The Morgan fingerprint density at radius 1 is 1.21 bits per heavy atom. The molecule has 1 aromatic carbocycles. The molecule has 1 saturated carbocycles. The zero-order valence-electron chi connectivity index (χ0n) is 11.3. The van der Waals surface area contributed by atoms with Crippen molar-refractivity contribution in [2.24, 2.45) is 0 Å². The van der Waals surface area contributed by atoms with Crippen molar-refractivity contribution in [3.63, 3.8) is 0 Å². The first-order valence-electron chi connectivity index (χ1n) is 7.03. The Morgan fingerprint density at radius 3 is 2.79 bits per heavy atom. The van der Waals surface area contributed by atoms with Gasteiger partial charge in [0.1, 0.15) is 12.1 Å². The Kier molecular flexibility index (Phi) is 3.45. The molecule has 3 nitrogen and oxygen atoms in total. The summed E-state index contributed by atoms with van der Waals surface area (Å²) in [5.74, 6) is 1.62. The molecule has 98 valence electrons. The first-order chi connectivity index (χ1) is 9.38. The molecule has 0 unspecified atom stereocenters. The summed E-state index contributed by atoms with van der Waals surface area (Å²) in [5, 5.41) is 3.24. The van der Waals surface area contributed by atoms with Gasteiger partial charge in [0, 0.05) is 18.2 Å². The summed E-state index contributed by atoms with van der Waals surface area (Å²) in [7, 11) is 0. The van der Waals surface area contributed by atoms with Crippen molar-refractivity contribution in [2.45, 2.75) is 32.1 Å². The van der Waals surface area contributed by atoms with Gasteiger partial charge in [-0.15, -0.1) is 0 Å². The van der Waals surface area contributed by atoms with Crippen LogP contribution in [0.1, 0.15) is 37.7 Å². The van der Waals surface area contributed by atoms with Crippen LogP contribution in [-0.2, 0) is 0 Å². The van der Waals surface area contributed by atoms with E-state index in [1.807, 2.05) is 6.07 Å². The molecule has 0 atom stereocenters. The van der Waals surface area contributed by atoms with Gasteiger partial charge in [0.15, 0.2) is 0 Å². The van der Waals surface area contributed by atoms with Crippen molar-refractivity contribution in [3.05, 3.63) is 42.2 Å². The van der Waals surface area contributed by atoms with Crippen LogP contribution in [0.4, 0.5) is 5.82 Å². The molecule has 1 heterocycles. The normalized spacial score (nSPS) is 15.0. The van der Waals surface area contributed by atoms with Gasteiger partial charge in [0.25, 0.3) is 0 Å². The largest absolute Gasteiger partial charge is 0.370 e. The first kappa shape index (κ1) is 12.2. The van der Waals surface area contributed by atoms with Crippen molar-refractivity contribution >= 4 is 5.82 Å². The smallest absolute Gasteiger partial charge is 0.129 e. The Morgan fingerprint density at radius 2 is 2.05 bits per heavy atom. The Balaban J connectivity index is 1.99. The molecule has 1 aliphatic carbocycles. The lowest BCUT2D eigenvalue weighted by Gasteiger charge is -2.27. The van der Waals surface area contributed by atoms with Crippen LogP contribution >= 0.6 is 0 Å². The van der Waals surface area contributed by atoms with E-state index >= 15 is 0 Å². The fraction of sp³-hybridized carbons (Fsp3) is 0.375. The third-order valence-corrected chi connectivity index (χ3v) is 3.81. The number of hydrogen-bond acceptors (Lipinski definition) is 3. The summed E-state index contributed by atoms with van der Waals surface area (Å²) in [5.41, 5.74) is 3.72. The third-order valence-electron chi connectivity index (χ3n) is 3.81. The van der Waals surface area contributed by atoms with E-state index in [4.69, 9.17) is 0 Å². The summed E-state index contributed by atoms with van der Waals surface area (Å²) >= 11 is 0. The van der Waals surface area contributed by atoms with Gasteiger partial charge in [0.2, 0.25) is 0 Å². The van der Waals surface area contributed by atoms with E-state index in [1.165, 1.54) is 30.4 Å². The van der Waals surface area contributed by atoms with Crippen molar-refractivity contribution in [2.75, 3.05) is 11.9 Å². The van der Waals surface area contributed by atoms with E-state index < -0.39 is 0 Å². The lowest BCUT2D eigenvalue weighted by atomic mass is 9.78. The molecule has 1 aromatic heterocycles. The second-order valence-electron chi connectivity index (χ2n) is 5.03. The van der Waals surface area contributed by atoms with E-state index in [9.17, 15) is 0 Å². The maximum Gasteiger partial charge on any atom is 0.129 e. The predicted molar refractivity (Wildman–Crippen MR) is 78.2 cm³/mol. The molecule has 1 fully saturated rings. The predicted octanol–water partition coefficient (Wildman–Crippen LogP) is 3.84. The van der Waals surface area contributed by atoms with Gasteiger partial charge < -0.3 is 5.32 Å².